The van der Waals surface area contributed by atoms with Gasteiger partial charge in [0, 0.05) is 42.2 Å². The second-order valence-corrected chi connectivity index (χ2v) is 8.04. The molecule has 160 valence electrons. The van der Waals surface area contributed by atoms with Crippen LogP contribution in [0, 0.1) is 5.82 Å². The van der Waals surface area contributed by atoms with Crippen molar-refractivity contribution < 1.29 is 9.18 Å². The van der Waals surface area contributed by atoms with Gasteiger partial charge in [-0.1, -0.05) is 24.3 Å². The predicted molar refractivity (Wildman–Crippen MR) is 122 cm³/mol. The third kappa shape index (κ3) is 4.44. The summed E-state index contributed by atoms with van der Waals surface area (Å²) in [5.41, 5.74) is 5.72. The summed E-state index contributed by atoms with van der Waals surface area (Å²) in [5, 5.41) is 7.77. The molecular weight excluding hydrogens is 403 g/mol. The molecule has 2 heterocycles. The Balaban J connectivity index is 1.25. The van der Waals surface area contributed by atoms with E-state index in [1.54, 1.807) is 30.6 Å². The topological polar surface area (TPSA) is 59.8 Å². The number of pyridine rings is 1. The lowest BCUT2D eigenvalue weighted by atomic mass is 10.0. The highest BCUT2D eigenvalue weighted by molar-refractivity contribution is 5.95. The largest absolute Gasteiger partial charge is 0.350 e. The van der Waals surface area contributed by atoms with E-state index in [9.17, 15) is 9.18 Å². The highest BCUT2D eigenvalue weighted by Crippen LogP contribution is 2.43. The second kappa shape index (κ2) is 8.75. The molecule has 2 aromatic carbocycles. The van der Waals surface area contributed by atoms with Crippen molar-refractivity contribution in [3.63, 3.8) is 0 Å². The van der Waals surface area contributed by atoms with Crippen molar-refractivity contribution in [3.05, 3.63) is 96.3 Å². The van der Waals surface area contributed by atoms with Crippen molar-refractivity contribution in [2.45, 2.75) is 25.3 Å². The van der Waals surface area contributed by atoms with E-state index in [0.717, 1.165) is 27.9 Å². The molecule has 1 N–H and O–H groups in total. The zero-order chi connectivity index (χ0) is 21.9. The van der Waals surface area contributed by atoms with Crippen LogP contribution in [0.25, 0.3) is 22.3 Å². The highest BCUT2D eigenvalue weighted by atomic mass is 19.1. The fourth-order valence-electron chi connectivity index (χ4n) is 3.83. The molecule has 1 fully saturated rings. The smallest absolute Gasteiger partial charge is 0.251 e. The first kappa shape index (κ1) is 20.1. The Morgan fingerprint density at radius 3 is 2.53 bits per heavy atom. The van der Waals surface area contributed by atoms with Gasteiger partial charge in [-0.25, -0.2) is 4.39 Å². The molecule has 4 aromatic rings. The second-order valence-electron chi connectivity index (χ2n) is 8.04. The molecule has 6 heteroatoms. The number of benzene rings is 2. The first-order chi connectivity index (χ1) is 15.7. The van der Waals surface area contributed by atoms with Crippen molar-refractivity contribution in [2.24, 2.45) is 0 Å². The van der Waals surface area contributed by atoms with Gasteiger partial charge in [0.05, 0.1) is 12.2 Å². The van der Waals surface area contributed by atoms with E-state index >= 15 is 0 Å². The van der Waals surface area contributed by atoms with E-state index in [-0.39, 0.29) is 11.7 Å². The minimum atomic E-state index is -0.279. The van der Waals surface area contributed by atoms with Crippen molar-refractivity contribution in [3.8, 4) is 22.3 Å². The lowest BCUT2D eigenvalue weighted by molar-refractivity contribution is 0.0952. The molecule has 1 saturated carbocycles. The SMILES string of the molecule is O=C(NCCn1cc(-c2ccncc2)c(C2CC2)n1)c1cccc(-c2ccc(F)cc2)c1. The van der Waals surface area contributed by atoms with Gasteiger partial charge in [0.15, 0.2) is 0 Å². The average molecular weight is 426 g/mol. The number of hydrogen-bond acceptors (Lipinski definition) is 3. The fraction of sp³-hybridized carbons (Fsp3) is 0.192. The van der Waals surface area contributed by atoms with Crippen LogP contribution in [-0.4, -0.2) is 27.2 Å². The van der Waals surface area contributed by atoms with Crippen LogP contribution in [0.15, 0.2) is 79.3 Å². The Bertz CT molecular complexity index is 1230. The third-order valence-electron chi connectivity index (χ3n) is 5.67. The third-order valence-corrected chi connectivity index (χ3v) is 5.67. The van der Waals surface area contributed by atoms with Gasteiger partial charge in [0.2, 0.25) is 0 Å². The van der Waals surface area contributed by atoms with Gasteiger partial charge in [-0.15, -0.1) is 0 Å². The summed E-state index contributed by atoms with van der Waals surface area (Å²) in [6, 6.07) is 17.6. The number of amides is 1. The number of rotatable bonds is 7. The monoisotopic (exact) mass is 426 g/mol. The van der Waals surface area contributed by atoms with E-state index in [0.29, 0.717) is 24.6 Å². The van der Waals surface area contributed by atoms with Gasteiger partial charge in [0.25, 0.3) is 5.91 Å². The quantitative estimate of drug-likeness (QED) is 0.449. The fourth-order valence-corrected chi connectivity index (χ4v) is 3.83. The van der Waals surface area contributed by atoms with E-state index in [4.69, 9.17) is 5.10 Å². The number of halogens is 1. The first-order valence-corrected chi connectivity index (χ1v) is 10.8. The van der Waals surface area contributed by atoms with Crippen LogP contribution in [0.2, 0.25) is 0 Å². The molecule has 0 spiro atoms. The summed E-state index contributed by atoms with van der Waals surface area (Å²) in [7, 11) is 0. The average Bonchev–Trinajstić information content (AvgIpc) is 3.59. The van der Waals surface area contributed by atoms with Crippen molar-refractivity contribution >= 4 is 5.91 Å². The Morgan fingerprint density at radius 1 is 1.00 bits per heavy atom. The van der Waals surface area contributed by atoms with Gasteiger partial charge in [-0.2, -0.15) is 5.10 Å². The van der Waals surface area contributed by atoms with Gasteiger partial charge in [-0.3, -0.25) is 14.5 Å². The number of hydrogen-bond donors (Lipinski definition) is 1. The molecule has 1 amide bonds. The van der Waals surface area contributed by atoms with E-state index in [1.807, 2.05) is 35.0 Å². The van der Waals surface area contributed by atoms with E-state index in [1.165, 1.54) is 25.0 Å². The van der Waals surface area contributed by atoms with Crippen LogP contribution in [-0.2, 0) is 6.54 Å². The maximum atomic E-state index is 13.2. The molecule has 5 rings (SSSR count). The van der Waals surface area contributed by atoms with Crippen molar-refractivity contribution in [1.82, 2.24) is 20.1 Å². The molecular formula is C26H23FN4O. The lowest BCUT2D eigenvalue weighted by Crippen LogP contribution is -2.27. The molecule has 2 aromatic heterocycles. The number of nitrogens with zero attached hydrogens (tertiary/aromatic N) is 3. The summed E-state index contributed by atoms with van der Waals surface area (Å²) >= 11 is 0. The Morgan fingerprint density at radius 2 is 1.78 bits per heavy atom. The molecule has 0 bridgehead atoms. The van der Waals surface area contributed by atoms with E-state index in [2.05, 4.69) is 16.5 Å². The van der Waals surface area contributed by atoms with Crippen molar-refractivity contribution in [2.75, 3.05) is 6.54 Å². The molecule has 1 aliphatic carbocycles. The number of carbonyl (C=O) groups is 1. The Kier molecular flexibility index (Phi) is 5.50. The Hall–Kier alpha value is -3.80. The lowest BCUT2D eigenvalue weighted by Gasteiger charge is -2.08. The van der Waals surface area contributed by atoms with Gasteiger partial charge in [-0.05, 0) is 65.9 Å². The number of carbonyl (C=O) groups excluding carboxylic acids is 1. The molecule has 1 aliphatic rings. The van der Waals surface area contributed by atoms with Crippen LogP contribution in [0.4, 0.5) is 4.39 Å². The number of nitrogens with one attached hydrogen (secondary N) is 1. The minimum absolute atomic E-state index is 0.141. The van der Waals surface area contributed by atoms with Gasteiger partial charge < -0.3 is 5.32 Å². The Labute approximate surface area is 185 Å². The summed E-state index contributed by atoms with van der Waals surface area (Å²) in [5.74, 6) is 0.110. The molecule has 5 nitrogen and oxygen atoms in total. The molecule has 0 unspecified atom stereocenters. The number of aromatic nitrogens is 3. The standard InChI is InChI=1S/C26H23FN4O/c27-23-8-6-18(7-9-23)21-2-1-3-22(16-21)26(32)29-14-15-31-17-24(19-10-12-28-13-11-19)25(30-31)20-4-5-20/h1-3,6-13,16-17,20H,4-5,14-15H2,(H,29,32). The molecule has 0 saturated heterocycles. The molecule has 0 atom stereocenters. The molecule has 32 heavy (non-hydrogen) atoms. The maximum absolute atomic E-state index is 13.2. The van der Waals surface area contributed by atoms with Crippen LogP contribution >= 0.6 is 0 Å². The van der Waals surface area contributed by atoms with Crippen LogP contribution in [0.3, 0.4) is 0 Å². The van der Waals surface area contributed by atoms with Crippen molar-refractivity contribution in [1.29, 1.82) is 0 Å². The van der Waals surface area contributed by atoms with Gasteiger partial charge >= 0.3 is 0 Å². The van der Waals surface area contributed by atoms with Crippen LogP contribution in [0.1, 0.15) is 34.8 Å². The first-order valence-electron chi connectivity index (χ1n) is 10.8. The summed E-state index contributed by atoms with van der Waals surface area (Å²) in [6.45, 7) is 1.06. The summed E-state index contributed by atoms with van der Waals surface area (Å²) in [6.07, 6.45) is 8.00. The zero-order valence-corrected chi connectivity index (χ0v) is 17.5. The van der Waals surface area contributed by atoms with Crippen LogP contribution in [0.5, 0.6) is 0 Å². The molecule has 0 aliphatic heterocycles. The summed E-state index contributed by atoms with van der Waals surface area (Å²) < 4.78 is 15.1. The normalized spacial score (nSPS) is 13.2. The zero-order valence-electron chi connectivity index (χ0n) is 17.5. The minimum Gasteiger partial charge on any atom is -0.350 e. The molecule has 0 radical (unpaired) electrons. The van der Waals surface area contributed by atoms with Gasteiger partial charge in [0.1, 0.15) is 5.82 Å². The maximum Gasteiger partial charge on any atom is 0.251 e. The predicted octanol–water partition coefficient (Wildman–Crippen LogP) is 5.06. The van der Waals surface area contributed by atoms with Crippen LogP contribution < -0.4 is 5.32 Å². The summed E-state index contributed by atoms with van der Waals surface area (Å²) in [4.78, 5) is 16.8. The highest BCUT2D eigenvalue weighted by Gasteiger charge is 2.29. The van der Waals surface area contributed by atoms with E-state index < -0.39 is 0 Å².